The molecule has 0 aromatic rings. The molecule has 0 aliphatic carbocycles. The van der Waals surface area contributed by atoms with Crippen molar-refractivity contribution in [1.29, 1.82) is 0 Å². The standard InChI is InChI=1S/C8H15NO/c1-3-8(2,10)7-5-4-6-9-7/h3,7,9-10H,1,4-6H2,2H3/t7-,8?/m0/s1. The fourth-order valence-electron chi connectivity index (χ4n) is 1.33. The van der Waals surface area contributed by atoms with E-state index in [1.807, 2.05) is 0 Å². The minimum Gasteiger partial charge on any atom is -0.384 e. The summed E-state index contributed by atoms with van der Waals surface area (Å²) in [6.07, 6.45) is 3.82. The van der Waals surface area contributed by atoms with E-state index in [0.29, 0.717) is 0 Å². The molecule has 2 nitrogen and oxygen atoms in total. The number of nitrogens with one attached hydrogen (secondary N) is 1. The molecule has 0 radical (unpaired) electrons. The Balaban J connectivity index is 2.53. The van der Waals surface area contributed by atoms with Crippen molar-refractivity contribution in [2.75, 3.05) is 6.54 Å². The van der Waals surface area contributed by atoms with Crippen LogP contribution in [0.4, 0.5) is 0 Å². The SMILES string of the molecule is C=CC(C)(O)[C@@H]1CCCN1. The highest BCUT2D eigenvalue weighted by molar-refractivity contribution is 5.02. The summed E-state index contributed by atoms with van der Waals surface area (Å²) in [4.78, 5) is 0. The molecule has 1 saturated heterocycles. The Morgan fingerprint density at radius 3 is 2.90 bits per heavy atom. The van der Waals surface area contributed by atoms with Crippen LogP contribution in [-0.2, 0) is 0 Å². The maximum absolute atomic E-state index is 9.64. The Hall–Kier alpha value is -0.340. The Kier molecular flexibility index (Phi) is 2.11. The molecule has 10 heavy (non-hydrogen) atoms. The highest BCUT2D eigenvalue weighted by Crippen LogP contribution is 2.19. The van der Waals surface area contributed by atoms with E-state index >= 15 is 0 Å². The van der Waals surface area contributed by atoms with Gasteiger partial charge in [-0.25, -0.2) is 0 Å². The van der Waals surface area contributed by atoms with Gasteiger partial charge in [0, 0.05) is 6.04 Å². The third-order valence-corrected chi connectivity index (χ3v) is 2.18. The quantitative estimate of drug-likeness (QED) is 0.554. The molecule has 0 saturated carbocycles. The van der Waals surface area contributed by atoms with Crippen molar-refractivity contribution in [2.45, 2.75) is 31.4 Å². The first-order chi connectivity index (χ1) is 4.67. The molecule has 2 atom stereocenters. The summed E-state index contributed by atoms with van der Waals surface area (Å²) in [5, 5.41) is 12.9. The van der Waals surface area contributed by atoms with E-state index in [9.17, 15) is 5.11 Å². The smallest absolute Gasteiger partial charge is 0.0949 e. The lowest BCUT2D eigenvalue weighted by atomic mass is 9.96. The van der Waals surface area contributed by atoms with Crippen LogP contribution in [0.2, 0.25) is 0 Å². The Morgan fingerprint density at radius 2 is 2.50 bits per heavy atom. The highest BCUT2D eigenvalue weighted by Gasteiger charge is 2.30. The number of hydrogen-bond donors (Lipinski definition) is 2. The van der Waals surface area contributed by atoms with E-state index in [1.54, 1.807) is 13.0 Å². The zero-order valence-corrected chi connectivity index (χ0v) is 6.43. The number of aliphatic hydroxyl groups is 1. The fraction of sp³-hybridized carbons (Fsp3) is 0.750. The highest BCUT2D eigenvalue weighted by atomic mass is 16.3. The molecule has 0 aromatic heterocycles. The van der Waals surface area contributed by atoms with Gasteiger partial charge in [-0.1, -0.05) is 6.08 Å². The van der Waals surface area contributed by atoms with Crippen molar-refractivity contribution < 1.29 is 5.11 Å². The minimum absolute atomic E-state index is 0.213. The second-order valence-corrected chi connectivity index (χ2v) is 3.08. The Morgan fingerprint density at radius 1 is 1.80 bits per heavy atom. The first-order valence-electron chi connectivity index (χ1n) is 3.76. The molecular formula is C8H15NO. The maximum Gasteiger partial charge on any atom is 0.0949 e. The topological polar surface area (TPSA) is 32.3 Å². The molecule has 1 heterocycles. The van der Waals surface area contributed by atoms with E-state index in [4.69, 9.17) is 0 Å². The van der Waals surface area contributed by atoms with Gasteiger partial charge in [0.15, 0.2) is 0 Å². The minimum atomic E-state index is -0.726. The third-order valence-electron chi connectivity index (χ3n) is 2.18. The van der Waals surface area contributed by atoms with Gasteiger partial charge in [0.2, 0.25) is 0 Å². The Labute approximate surface area is 61.9 Å². The molecule has 58 valence electrons. The summed E-state index contributed by atoms with van der Waals surface area (Å²) in [5.41, 5.74) is -0.726. The lowest BCUT2D eigenvalue weighted by Gasteiger charge is -2.26. The van der Waals surface area contributed by atoms with E-state index in [1.165, 1.54) is 0 Å². The first-order valence-corrected chi connectivity index (χ1v) is 3.76. The van der Waals surface area contributed by atoms with E-state index < -0.39 is 5.60 Å². The summed E-state index contributed by atoms with van der Waals surface area (Å²) in [5.74, 6) is 0. The van der Waals surface area contributed by atoms with Crippen LogP contribution in [0.25, 0.3) is 0 Å². The van der Waals surface area contributed by atoms with E-state index in [0.717, 1.165) is 19.4 Å². The molecule has 1 aliphatic rings. The molecule has 0 amide bonds. The van der Waals surface area contributed by atoms with Gasteiger partial charge in [0.25, 0.3) is 0 Å². The van der Waals surface area contributed by atoms with Crippen LogP contribution in [0.3, 0.4) is 0 Å². The normalized spacial score (nSPS) is 31.6. The van der Waals surface area contributed by atoms with Crippen LogP contribution < -0.4 is 5.32 Å². The zero-order chi connectivity index (χ0) is 7.61. The summed E-state index contributed by atoms with van der Waals surface area (Å²) in [7, 11) is 0. The van der Waals surface area contributed by atoms with Crippen molar-refractivity contribution >= 4 is 0 Å². The predicted molar refractivity (Wildman–Crippen MR) is 41.8 cm³/mol. The van der Waals surface area contributed by atoms with Crippen LogP contribution in [0.15, 0.2) is 12.7 Å². The van der Waals surface area contributed by atoms with E-state index in [-0.39, 0.29) is 6.04 Å². The van der Waals surface area contributed by atoms with Crippen molar-refractivity contribution in [2.24, 2.45) is 0 Å². The molecule has 0 spiro atoms. The van der Waals surface area contributed by atoms with Gasteiger partial charge in [0.1, 0.15) is 0 Å². The molecule has 2 N–H and O–H groups in total. The maximum atomic E-state index is 9.64. The molecule has 0 aromatic carbocycles. The summed E-state index contributed by atoms with van der Waals surface area (Å²) < 4.78 is 0. The van der Waals surface area contributed by atoms with Gasteiger partial charge in [-0.05, 0) is 26.3 Å². The fourth-order valence-corrected chi connectivity index (χ4v) is 1.33. The average molecular weight is 141 g/mol. The zero-order valence-electron chi connectivity index (χ0n) is 6.43. The molecule has 2 heteroatoms. The first kappa shape index (κ1) is 7.76. The molecular weight excluding hydrogens is 126 g/mol. The van der Waals surface area contributed by atoms with Crippen molar-refractivity contribution in [3.8, 4) is 0 Å². The van der Waals surface area contributed by atoms with Crippen LogP contribution in [0.5, 0.6) is 0 Å². The molecule has 1 aliphatic heterocycles. The average Bonchev–Trinajstić information content (AvgIpc) is 2.38. The monoisotopic (exact) mass is 141 g/mol. The second kappa shape index (κ2) is 2.72. The van der Waals surface area contributed by atoms with Crippen molar-refractivity contribution in [3.05, 3.63) is 12.7 Å². The van der Waals surface area contributed by atoms with Crippen LogP contribution in [-0.4, -0.2) is 23.3 Å². The summed E-state index contributed by atoms with van der Waals surface area (Å²) in [6, 6.07) is 0.213. The van der Waals surface area contributed by atoms with Crippen LogP contribution in [0, 0.1) is 0 Å². The second-order valence-electron chi connectivity index (χ2n) is 3.08. The molecule has 0 bridgehead atoms. The van der Waals surface area contributed by atoms with Gasteiger partial charge < -0.3 is 10.4 Å². The predicted octanol–water partition coefficient (Wildman–Crippen LogP) is 0.675. The lowest BCUT2D eigenvalue weighted by Crippen LogP contribution is -2.43. The Bertz CT molecular complexity index is 125. The van der Waals surface area contributed by atoms with Crippen LogP contribution in [0.1, 0.15) is 19.8 Å². The van der Waals surface area contributed by atoms with Crippen molar-refractivity contribution in [3.63, 3.8) is 0 Å². The summed E-state index contributed by atoms with van der Waals surface area (Å²) in [6.45, 7) is 6.40. The molecule has 1 fully saturated rings. The van der Waals surface area contributed by atoms with Gasteiger partial charge in [-0.15, -0.1) is 6.58 Å². The largest absolute Gasteiger partial charge is 0.384 e. The summed E-state index contributed by atoms with van der Waals surface area (Å²) >= 11 is 0. The molecule has 1 rings (SSSR count). The van der Waals surface area contributed by atoms with Gasteiger partial charge in [-0.2, -0.15) is 0 Å². The molecule has 1 unspecified atom stereocenters. The number of rotatable bonds is 2. The van der Waals surface area contributed by atoms with Gasteiger partial charge in [-0.3, -0.25) is 0 Å². The van der Waals surface area contributed by atoms with E-state index in [2.05, 4.69) is 11.9 Å². The van der Waals surface area contributed by atoms with Crippen LogP contribution >= 0.6 is 0 Å². The van der Waals surface area contributed by atoms with Gasteiger partial charge >= 0.3 is 0 Å². The van der Waals surface area contributed by atoms with Crippen molar-refractivity contribution in [1.82, 2.24) is 5.32 Å². The lowest BCUT2D eigenvalue weighted by molar-refractivity contribution is 0.0747. The van der Waals surface area contributed by atoms with Gasteiger partial charge in [0.05, 0.1) is 5.60 Å². The number of hydrogen-bond acceptors (Lipinski definition) is 2. The third kappa shape index (κ3) is 1.39.